The summed E-state index contributed by atoms with van der Waals surface area (Å²) >= 11 is 0. The van der Waals surface area contributed by atoms with E-state index in [0.29, 0.717) is 22.6 Å². The number of aryl methyl sites for hydroxylation is 1. The van der Waals surface area contributed by atoms with Gasteiger partial charge in [0, 0.05) is 11.3 Å². The van der Waals surface area contributed by atoms with Gasteiger partial charge < -0.3 is 24.6 Å². The number of H-pyrrole nitrogens is 1. The van der Waals surface area contributed by atoms with Gasteiger partial charge in [-0.1, -0.05) is 0 Å². The fraction of sp³-hybridized carbons (Fsp3) is 0.412. The first-order valence-corrected chi connectivity index (χ1v) is 7.69. The maximum Gasteiger partial charge on any atom is 0.355 e. The number of furan rings is 1. The number of hydrogen-bond acceptors (Lipinski definition) is 5. The quantitative estimate of drug-likeness (QED) is 0.702. The molecule has 0 unspecified atom stereocenters. The van der Waals surface area contributed by atoms with Gasteiger partial charge in [0.2, 0.25) is 0 Å². The zero-order valence-electron chi connectivity index (χ0n) is 14.2. The molecule has 7 heteroatoms. The van der Waals surface area contributed by atoms with Crippen molar-refractivity contribution in [3.8, 4) is 0 Å². The lowest BCUT2D eigenvalue weighted by molar-refractivity contribution is -0.129. The Labute approximate surface area is 140 Å². The Morgan fingerprint density at radius 3 is 2.62 bits per heavy atom. The van der Waals surface area contributed by atoms with Gasteiger partial charge in [-0.25, -0.2) is 4.79 Å². The summed E-state index contributed by atoms with van der Waals surface area (Å²) in [5, 5.41) is 12.4. The summed E-state index contributed by atoms with van der Waals surface area (Å²) in [6.07, 6.45) is -0.136. The van der Waals surface area contributed by atoms with Gasteiger partial charge in [-0.05, 0) is 45.4 Å². The van der Waals surface area contributed by atoms with Crippen LogP contribution in [-0.2, 0) is 16.1 Å². The number of aromatic amines is 1. The molecule has 0 aromatic carbocycles. The van der Waals surface area contributed by atoms with Crippen LogP contribution in [-0.4, -0.2) is 28.1 Å². The average Bonchev–Trinajstić information content (AvgIpc) is 3.12. The number of rotatable bonds is 6. The number of carbonyl (C=O) groups excluding carboxylic acids is 2. The van der Waals surface area contributed by atoms with Gasteiger partial charge in [0.1, 0.15) is 11.5 Å². The van der Waals surface area contributed by atoms with Crippen LogP contribution in [0.3, 0.4) is 0 Å². The number of amides is 1. The van der Waals surface area contributed by atoms with Gasteiger partial charge in [0.25, 0.3) is 5.91 Å². The largest absolute Gasteiger partial charge is 0.467 e. The Kier molecular flexibility index (Phi) is 5.46. The Morgan fingerprint density at radius 1 is 1.38 bits per heavy atom. The average molecular weight is 334 g/mol. The zero-order valence-corrected chi connectivity index (χ0v) is 14.2. The molecule has 2 rings (SSSR count). The molecule has 0 aliphatic heterocycles. The Morgan fingerprint density at radius 2 is 2.08 bits per heavy atom. The van der Waals surface area contributed by atoms with Crippen LogP contribution >= 0.6 is 0 Å². The minimum Gasteiger partial charge on any atom is -0.467 e. The van der Waals surface area contributed by atoms with Crippen molar-refractivity contribution in [2.75, 3.05) is 0 Å². The molecule has 7 nitrogen and oxygen atoms in total. The van der Waals surface area contributed by atoms with Crippen molar-refractivity contribution in [2.45, 2.75) is 46.4 Å². The second-order valence-corrected chi connectivity index (χ2v) is 5.68. The maximum atomic E-state index is 12.3. The van der Waals surface area contributed by atoms with Crippen LogP contribution in [0.4, 0.5) is 0 Å². The molecule has 0 spiro atoms. The summed E-state index contributed by atoms with van der Waals surface area (Å²) in [7, 11) is 0. The van der Waals surface area contributed by atoms with Gasteiger partial charge >= 0.3 is 5.97 Å². The Hall–Kier alpha value is -2.54. The number of aromatic nitrogens is 1. The third kappa shape index (κ3) is 3.86. The van der Waals surface area contributed by atoms with E-state index in [4.69, 9.17) is 9.15 Å². The van der Waals surface area contributed by atoms with E-state index in [9.17, 15) is 14.7 Å². The lowest BCUT2D eigenvalue weighted by Gasteiger charge is -2.13. The predicted octanol–water partition coefficient (Wildman–Crippen LogP) is 2.14. The molecule has 2 atom stereocenters. The zero-order chi connectivity index (χ0) is 17.9. The standard InChI is InChI=1S/C17H22N2O5/c1-9-14(11(3)20)10(2)19-15(9)17(22)24-12(4)16(21)18-8-13-6-5-7-23-13/h5-7,11-12,19-20H,8H2,1-4H3,(H,18,21)/t11-,12+/m1/s1. The summed E-state index contributed by atoms with van der Waals surface area (Å²) in [5.74, 6) is -0.445. The van der Waals surface area contributed by atoms with Crippen LogP contribution in [0.25, 0.3) is 0 Å². The number of carbonyl (C=O) groups is 2. The first kappa shape index (κ1) is 17.8. The van der Waals surface area contributed by atoms with Crippen LogP contribution < -0.4 is 5.32 Å². The number of aliphatic hydroxyl groups is 1. The lowest BCUT2D eigenvalue weighted by atomic mass is 10.1. The summed E-state index contributed by atoms with van der Waals surface area (Å²) in [4.78, 5) is 27.2. The Bertz CT molecular complexity index is 716. The molecular formula is C17H22N2O5. The van der Waals surface area contributed by atoms with E-state index in [1.54, 1.807) is 32.9 Å². The summed E-state index contributed by atoms with van der Waals surface area (Å²) in [6, 6.07) is 3.46. The SMILES string of the molecule is Cc1[nH]c(C(=O)O[C@@H](C)C(=O)NCc2ccco2)c(C)c1[C@@H](C)O. The monoisotopic (exact) mass is 334 g/mol. The van der Waals surface area contributed by atoms with E-state index in [2.05, 4.69) is 10.3 Å². The highest BCUT2D eigenvalue weighted by molar-refractivity contribution is 5.92. The third-order valence-corrected chi connectivity index (χ3v) is 3.79. The first-order chi connectivity index (χ1) is 11.3. The molecule has 1 amide bonds. The van der Waals surface area contributed by atoms with Crippen LogP contribution in [0.1, 0.15) is 53.0 Å². The normalized spacial score (nSPS) is 13.4. The number of esters is 1. The maximum absolute atomic E-state index is 12.3. The number of hydrogen-bond donors (Lipinski definition) is 3. The molecule has 0 aliphatic carbocycles. The molecule has 0 saturated carbocycles. The number of aliphatic hydroxyl groups excluding tert-OH is 1. The van der Waals surface area contributed by atoms with Gasteiger partial charge in [-0.15, -0.1) is 0 Å². The second-order valence-electron chi connectivity index (χ2n) is 5.68. The van der Waals surface area contributed by atoms with Crippen molar-refractivity contribution >= 4 is 11.9 Å². The lowest BCUT2D eigenvalue weighted by Crippen LogP contribution is -2.35. The number of ether oxygens (including phenoxy) is 1. The highest BCUT2D eigenvalue weighted by atomic mass is 16.5. The van der Waals surface area contributed by atoms with Crippen molar-refractivity contribution in [1.29, 1.82) is 0 Å². The van der Waals surface area contributed by atoms with Gasteiger partial charge in [-0.2, -0.15) is 0 Å². The van der Waals surface area contributed by atoms with E-state index in [1.807, 2.05) is 0 Å². The minimum atomic E-state index is -0.953. The fourth-order valence-corrected chi connectivity index (χ4v) is 2.60. The summed E-state index contributed by atoms with van der Waals surface area (Å²) < 4.78 is 10.3. The van der Waals surface area contributed by atoms with Crippen molar-refractivity contribution in [3.63, 3.8) is 0 Å². The second kappa shape index (κ2) is 7.35. The molecule has 3 N–H and O–H groups in total. The van der Waals surface area contributed by atoms with Crippen LogP contribution in [0, 0.1) is 13.8 Å². The first-order valence-electron chi connectivity index (χ1n) is 7.69. The highest BCUT2D eigenvalue weighted by Gasteiger charge is 2.24. The molecule has 130 valence electrons. The molecule has 0 aliphatic rings. The molecule has 0 saturated heterocycles. The molecule has 2 heterocycles. The minimum absolute atomic E-state index is 0.223. The molecule has 0 bridgehead atoms. The van der Waals surface area contributed by atoms with E-state index in [0.717, 1.165) is 0 Å². The topological polar surface area (TPSA) is 105 Å². The summed E-state index contributed by atoms with van der Waals surface area (Å²) in [6.45, 7) is 6.84. The molecule has 2 aromatic heterocycles. The fourth-order valence-electron chi connectivity index (χ4n) is 2.60. The molecular weight excluding hydrogens is 312 g/mol. The van der Waals surface area contributed by atoms with Crippen molar-refractivity contribution in [2.24, 2.45) is 0 Å². The van der Waals surface area contributed by atoms with Crippen molar-refractivity contribution in [3.05, 3.63) is 46.7 Å². The smallest absolute Gasteiger partial charge is 0.355 e. The van der Waals surface area contributed by atoms with Crippen LogP contribution in [0.2, 0.25) is 0 Å². The molecule has 0 fully saturated rings. The van der Waals surface area contributed by atoms with Crippen molar-refractivity contribution < 1.29 is 23.8 Å². The van der Waals surface area contributed by atoms with E-state index in [1.165, 1.54) is 13.2 Å². The van der Waals surface area contributed by atoms with E-state index >= 15 is 0 Å². The van der Waals surface area contributed by atoms with Crippen LogP contribution in [0.5, 0.6) is 0 Å². The predicted molar refractivity (Wildman–Crippen MR) is 86.3 cm³/mol. The van der Waals surface area contributed by atoms with Crippen LogP contribution in [0.15, 0.2) is 22.8 Å². The van der Waals surface area contributed by atoms with E-state index < -0.39 is 24.1 Å². The molecule has 24 heavy (non-hydrogen) atoms. The number of nitrogens with one attached hydrogen (secondary N) is 2. The van der Waals surface area contributed by atoms with E-state index in [-0.39, 0.29) is 12.2 Å². The molecule has 0 radical (unpaired) electrons. The van der Waals surface area contributed by atoms with Crippen molar-refractivity contribution in [1.82, 2.24) is 10.3 Å². The van der Waals surface area contributed by atoms with Gasteiger partial charge in [0.15, 0.2) is 6.10 Å². The van der Waals surface area contributed by atoms with Gasteiger partial charge in [-0.3, -0.25) is 4.79 Å². The molecule has 2 aromatic rings. The van der Waals surface area contributed by atoms with Gasteiger partial charge in [0.05, 0.1) is 18.9 Å². The highest BCUT2D eigenvalue weighted by Crippen LogP contribution is 2.25. The Balaban J connectivity index is 1.98. The summed E-state index contributed by atoms with van der Waals surface area (Å²) in [5.41, 5.74) is 2.23. The third-order valence-electron chi connectivity index (χ3n) is 3.79.